The summed E-state index contributed by atoms with van der Waals surface area (Å²) in [7, 11) is 0. The van der Waals surface area contributed by atoms with Crippen molar-refractivity contribution in [1.82, 2.24) is 15.0 Å². The van der Waals surface area contributed by atoms with Gasteiger partial charge in [0.25, 0.3) is 0 Å². The van der Waals surface area contributed by atoms with Crippen LogP contribution in [0.1, 0.15) is 39.2 Å². The lowest BCUT2D eigenvalue weighted by atomic mass is 10.3. The summed E-state index contributed by atoms with van der Waals surface area (Å²) in [6.07, 6.45) is 1.13. The molecule has 1 atom stereocenters. The molecule has 1 fully saturated rings. The molecule has 1 aliphatic heterocycles. The Balaban J connectivity index is 1.86. The fraction of sp³-hybridized carbons (Fsp3) is 0.500. The minimum atomic E-state index is -3.20. The molecule has 0 aromatic carbocycles. The van der Waals surface area contributed by atoms with Gasteiger partial charge >= 0.3 is 5.92 Å². The van der Waals surface area contributed by atoms with Crippen LogP contribution < -0.4 is 15.4 Å². The van der Waals surface area contributed by atoms with Gasteiger partial charge in [0.05, 0.1) is 18.5 Å². The predicted octanol–water partition coefficient (Wildman–Crippen LogP) is 3.52. The summed E-state index contributed by atoms with van der Waals surface area (Å²) in [6, 6.07) is 3.04. The Labute approximate surface area is 178 Å². The van der Waals surface area contributed by atoms with Crippen LogP contribution in [0.5, 0.6) is 5.75 Å². The molecule has 0 radical (unpaired) electrons. The van der Waals surface area contributed by atoms with Crippen LogP contribution >= 0.6 is 0 Å². The number of hydrogen-bond donors (Lipinski definition) is 2. The molecule has 1 amide bonds. The van der Waals surface area contributed by atoms with E-state index in [0.717, 1.165) is 6.92 Å². The molecule has 3 rings (SSSR count). The van der Waals surface area contributed by atoms with Gasteiger partial charge in [0.2, 0.25) is 11.7 Å². The lowest BCUT2D eigenvalue weighted by molar-refractivity contribution is -0.141. The van der Waals surface area contributed by atoms with Gasteiger partial charge < -0.3 is 24.8 Å². The highest BCUT2D eigenvalue weighted by molar-refractivity contribution is 5.88. The Bertz CT molecular complexity index is 965. The maximum atomic E-state index is 13.7. The van der Waals surface area contributed by atoms with Crippen molar-refractivity contribution in [3.05, 3.63) is 29.8 Å². The zero-order valence-corrected chi connectivity index (χ0v) is 18.0. The second-order valence-corrected chi connectivity index (χ2v) is 7.74. The van der Waals surface area contributed by atoms with Gasteiger partial charge in [-0.3, -0.25) is 4.79 Å². The average Bonchev–Trinajstić information content (AvgIpc) is 2.98. The molecular weight excluding hydrogens is 412 g/mol. The lowest BCUT2D eigenvalue weighted by Crippen LogP contribution is -2.25. The summed E-state index contributed by atoms with van der Waals surface area (Å²) in [6.45, 7) is 7.83. The number of ether oxygens (including phenoxy) is 3. The largest absolute Gasteiger partial charge is 0.487 e. The van der Waals surface area contributed by atoms with Crippen molar-refractivity contribution in [2.45, 2.75) is 52.4 Å². The number of alkyl halides is 2. The summed E-state index contributed by atoms with van der Waals surface area (Å²) >= 11 is 0. The van der Waals surface area contributed by atoms with Crippen LogP contribution in [0.4, 0.5) is 26.1 Å². The molecule has 9 nitrogen and oxygen atoms in total. The normalized spacial score (nSPS) is 18.0. The van der Waals surface area contributed by atoms with Crippen LogP contribution in [0.15, 0.2) is 18.3 Å². The number of aryl methyl sites for hydroxylation is 1. The van der Waals surface area contributed by atoms with Crippen LogP contribution in [0.25, 0.3) is 0 Å². The molecule has 11 heteroatoms. The molecule has 0 saturated carbocycles. The van der Waals surface area contributed by atoms with Crippen LogP contribution in [0.2, 0.25) is 0 Å². The maximum Gasteiger partial charge on any atom is 0.303 e. The van der Waals surface area contributed by atoms with Crippen molar-refractivity contribution < 1.29 is 27.8 Å². The van der Waals surface area contributed by atoms with Gasteiger partial charge in [-0.25, -0.2) is 15.0 Å². The van der Waals surface area contributed by atoms with Crippen molar-refractivity contribution in [3.63, 3.8) is 0 Å². The van der Waals surface area contributed by atoms with E-state index in [9.17, 15) is 13.6 Å². The molecular formula is C20H25F2N5O4. The van der Waals surface area contributed by atoms with Gasteiger partial charge in [0, 0.05) is 31.7 Å². The number of carbonyl (C=O) groups excluding carboxylic acids is 1. The van der Waals surface area contributed by atoms with Crippen LogP contribution in [0.3, 0.4) is 0 Å². The van der Waals surface area contributed by atoms with Crippen LogP contribution in [-0.2, 0) is 20.2 Å². The third-order valence-corrected chi connectivity index (χ3v) is 4.17. The quantitative estimate of drug-likeness (QED) is 0.678. The SMILES string of the molecule is CC(=O)Nc1cc(Nc2cc(C)nc(C(C)(F)F)n2)c(OC[C@H]2COC(C)(C)O2)cn1. The number of aromatic nitrogens is 3. The average molecular weight is 437 g/mol. The summed E-state index contributed by atoms with van der Waals surface area (Å²) in [5, 5.41) is 5.53. The number of amides is 1. The predicted molar refractivity (Wildman–Crippen MR) is 109 cm³/mol. The first-order chi connectivity index (χ1) is 14.4. The standard InChI is InChI=1S/C20H25F2N5O4/c1-11-6-17(27-18(24-11)20(5,21)22)26-14-7-16(25-12(2)28)23-8-15(14)29-9-13-10-30-19(3,4)31-13/h6-8,13H,9-10H2,1-5H3,(H2,23,24,25,26,27,28)/t13-/m0/s1. The maximum absolute atomic E-state index is 13.7. The van der Waals surface area contributed by atoms with Crippen LogP contribution in [0, 0.1) is 6.92 Å². The molecule has 0 spiro atoms. The van der Waals surface area contributed by atoms with Gasteiger partial charge in [0.15, 0.2) is 11.5 Å². The van der Waals surface area contributed by atoms with Crippen LogP contribution in [-0.4, -0.2) is 46.0 Å². The number of hydrogen-bond acceptors (Lipinski definition) is 8. The molecule has 2 aromatic rings. The van der Waals surface area contributed by atoms with E-state index in [1.807, 2.05) is 13.8 Å². The van der Waals surface area contributed by atoms with Gasteiger partial charge in [-0.15, -0.1) is 0 Å². The molecule has 2 aromatic heterocycles. The van der Waals surface area contributed by atoms with Crippen molar-refractivity contribution in [3.8, 4) is 5.75 Å². The number of nitrogens with zero attached hydrogens (tertiary/aromatic N) is 3. The van der Waals surface area contributed by atoms with Gasteiger partial charge in [-0.05, 0) is 20.8 Å². The molecule has 168 valence electrons. The third-order valence-electron chi connectivity index (χ3n) is 4.17. The van der Waals surface area contributed by atoms with E-state index in [0.29, 0.717) is 23.7 Å². The highest BCUT2D eigenvalue weighted by Gasteiger charge is 2.33. The Morgan fingerprint density at radius 3 is 2.68 bits per heavy atom. The van der Waals surface area contributed by atoms with Crippen molar-refractivity contribution in [2.24, 2.45) is 0 Å². The monoisotopic (exact) mass is 437 g/mol. The molecule has 0 bridgehead atoms. The second-order valence-electron chi connectivity index (χ2n) is 7.74. The van der Waals surface area contributed by atoms with E-state index in [-0.39, 0.29) is 30.3 Å². The molecule has 0 aliphatic carbocycles. The van der Waals surface area contributed by atoms with E-state index in [1.165, 1.54) is 25.3 Å². The topological polar surface area (TPSA) is 107 Å². The fourth-order valence-electron chi connectivity index (χ4n) is 2.90. The smallest absolute Gasteiger partial charge is 0.303 e. The number of halogens is 2. The third kappa shape index (κ3) is 6.28. The van der Waals surface area contributed by atoms with Crippen molar-refractivity contribution >= 4 is 23.2 Å². The molecule has 1 aliphatic rings. The van der Waals surface area contributed by atoms with E-state index < -0.39 is 17.5 Å². The number of nitrogens with one attached hydrogen (secondary N) is 2. The minimum absolute atomic E-state index is 0.149. The highest BCUT2D eigenvalue weighted by atomic mass is 19.3. The number of rotatable bonds is 7. The first-order valence-corrected chi connectivity index (χ1v) is 9.64. The van der Waals surface area contributed by atoms with Gasteiger partial charge in [-0.1, -0.05) is 0 Å². The minimum Gasteiger partial charge on any atom is -0.487 e. The highest BCUT2D eigenvalue weighted by Crippen LogP contribution is 2.32. The molecule has 2 N–H and O–H groups in total. The second kappa shape index (κ2) is 8.67. The Morgan fingerprint density at radius 1 is 1.32 bits per heavy atom. The van der Waals surface area contributed by atoms with E-state index in [4.69, 9.17) is 14.2 Å². The first kappa shape index (κ1) is 22.8. The van der Waals surface area contributed by atoms with E-state index in [1.54, 1.807) is 6.92 Å². The Kier molecular flexibility index (Phi) is 6.37. The first-order valence-electron chi connectivity index (χ1n) is 9.64. The molecule has 31 heavy (non-hydrogen) atoms. The number of pyridine rings is 1. The lowest BCUT2D eigenvalue weighted by Gasteiger charge is -2.19. The number of anilines is 3. The Hall–Kier alpha value is -2.92. The Morgan fingerprint density at radius 2 is 2.06 bits per heavy atom. The summed E-state index contributed by atoms with van der Waals surface area (Å²) < 4.78 is 44.6. The summed E-state index contributed by atoms with van der Waals surface area (Å²) in [5.41, 5.74) is 0.742. The zero-order chi connectivity index (χ0) is 22.8. The summed E-state index contributed by atoms with van der Waals surface area (Å²) in [4.78, 5) is 23.2. The van der Waals surface area contributed by atoms with Gasteiger partial charge in [-0.2, -0.15) is 8.78 Å². The van der Waals surface area contributed by atoms with Crippen molar-refractivity contribution in [2.75, 3.05) is 23.8 Å². The van der Waals surface area contributed by atoms with E-state index in [2.05, 4.69) is 25.6 Å². The fourth-order valence-corrected chi connectivity index (χ4v) is 2.90. The molecule has 1 saturated heterocycles. The number of carbonyl (C=O) groups is 1. The molecule has 3 heterocycles. The zero-order valence-electron chi connectivity index (χ0n) is 18.0. The summed E-state index contributed by atoms with van der Waals surface area (Å²) in [5.74, 6) is -4.07. The van der Waals surface area contributed by atoms with Crippen molar-refractivity contribution in [1.29, 1.82) is 0 Å². The molecule has 0 unspecified atom stereocenters. The van der Waals surface area contributed by atoms with E-state index >= 15 is 0 Å². The van der Waals surface area contributed by atoms with Gasteiger partial charge in [0.1, 0.15) is 24.3 Å².